The number of nitrogens with zero attached hydrogens (tertiary/aromatic N) is 3. The minimum atomic E-state index is -3.01. The summed E-state index contributed by atoms with van der Waals surface area (Å²) in [6.45, 7) is 8.03. The van der Waals surface area contributed by atoms with Gasteiger partial charge in [-0.3, -0.25) is 9.48 Å². The highest BCUT2D eigenvalue weighted by molar-refractivity contribution is 7.91. The first-order chi connectivity index (χ1) is 13.7. The first kappa shape index (κ1) is 19.9. The van der Waals surface area contributed by atoms with Crippen LogP contribution >= 0.6 is 0 Å². The number of amides is 1. The van der Waals surface area contributed by atoms with Gasteiger partial charge < -0.3 is 10.2 Å². The SMILES string of the molecule is CC[C@H](C)N1C(=O)c2ccccc2N[C@H]1c1c(C)nn([C@@H]2CCS(=O)(=O)C2)c1C. The number of hydrogen-bond acceptors (Lipinski definition) is 5. The van der Waals surface area contributed by atoms with Crippen molar-refractivity contribution in [1.82, 2.24) is 14.7 Å². The third kappa shape index (κ3) is 3.33. The molecule has 1 N–H and O–H groups in total. The number of hydrogen-bond donors (Lipinski definition) is 1. The number of aromatic nitrogens is 2. The number of aryl methyl sites for hydroxylation is 1. The third-order valence-electron chi connectivity index (χ3n) is 6.24. The normalized spacial score (nSPS) is 24.3. The molecule has 2 aliphatic rings. The Morgan fingerprint density at radius 3 is 2.66 bits per heavy atom. The second-order valence-corrected chi connectivity index (χ2v) is 10.4. The molecular formula is C21H28N4O3S. The van der Waals surface area contributed by atoms with Gasteiger partial charge in [0.1, 0.15) is 6.17 Å². The van der Waals surface area contributed by atoms with Crippen LogP contribution in [0.15, 0.2) is 24.3 Å². The summed E-state index contributed by atoms with van der Waals surface area (Å²) in [6, 6.07) is 7.47. The molecule has 156 valence electrons. The Hall–Kier alpha value is -2.35. The number of sulfone groups is 1. The zero-order valence-corrected chi connectivity index (χ0v) is 18.2. The fourth-order valence-corrected chi connectivity index (χ4v) is 6.22. The average Bonchev–Trinajstić information content (AvgIpc) is 3.19. The highest BCUT2D eigenvalue weighted by atomic mass is 32.2. The van der Waals surface area contributed by atoms with Gasteiger partial charge in [0.15, 0.2) is 9.84 Å². The number of fused-ring (bicyclic) bond motifs is 1. The van der Waals surface area contributed by atoms with Gasteiger partial charge in [-0.15, -0.1) is 0 Å². The van der Waals surface area contributed by atoms with Crippen molar-refractivity contribution in [2.75, 3.05) is 16.8 Å². The standard InChI is InChI=1S/C21H28N4O3S/c1-5-13(2)24-20(22-18-9-7-6-8-17(18)21(24)26)19-14(3)23-25(15(19)4)16-10-11-29(27,28)12-16/h6-9,13,16,20,22H,5,10-12H2,1-4H3/t13-,16+,20+/m0/s1. The number of carbonyl (C=O) groups is 1. The van der Waals surface area contributed by atoms with E-state index in [1.807, 2.05) is 47.7 Å². The quantitative estimate of drug-likeness (QED) is 0.827. The van der Waals surface area contributed by atoms with Gasteiger partial charge in [0.25, 0.3) is 5.91 Å². The lowest BCUT2D eigenvalue weighted by Crippen LogP contribution is -2.47. The highest BCUT2D eigenvalue weighted by Gasteiger charge is 2.39. The van der Waals surface area contributed by atoms with Gasteiger partial charge in [-0.25, -0.2) is 8.42 Å². The largest absolute Gasteiger partial charge is 0.361 e. The molecule has 3 atom stereocenters. The second kappa shape index (κ2) is 7.16. The zero-order valence-electron chi connectivity index (χ0n) is 17.3. The summed E-state index contributed by atoms with van der Waals surface area (Å²) in [5.74, 6) is 0.343. The monoisotopic (exact) mass is 416 g/mol. The minimum Gasteiger partial charge on any atom is -0.361 e. The van der Waals surface area contributed by atoms with Crippen LogP contribution < -0.4 is 5.32 Å². The Bertz CT molecular complexity index is 1060. The van der Waals surface area contributed by atoms with Gasteiger partial charge in [-0.1, -0.05) is 19.1 Å². The fourth-order valence-electron chi connectivity index (χ4n) is 4.53. The van der Waals surface area contributed by atoms with Crippen molar-refractivity contribution >= 4 is 21.4 Å². The van der Waals surface area contributed by atoms with Crippen LogP contribution in [0, 0.1) is 13.8 Å². The van der Waals surface area contributed by atoms with E-state index in [0.717, 1.165) is 29.1 Å². The Morgan fingerprint density at radius 2 is 2.00 bits per heavy atom. The molecular weight excluding hydrogens is 388 g/mol. The molecule has 7 nitrogen and oxygen atoms in total. The Kier molecular flexibility index (Phi) is 4.93. The van der Waals surface area contributed by atoms with E-state index in [1.54, 1.807) is 0 Å². The predicted molar refractivity (Wildman–Crippen MR) is 113 cm³/mol. The molecule has 1 amide bonds. The van der Waals surface area contributed by atoms with E-state index in [2.05, 4.69) is 19.2 Å². The summed E-state index contributed by atoms with van der Waals surface area (Å²) >= 11 is 0. The van der Waals surface area contributed by atoms with Crippen molar-refractivity contribution in [3.8, 4) is 0 Å². The lowest BCUT2D eigenvalue weighted by atomic mass is 9.99. The molecule has 0 radical (unpaired) electrons. The van der Waals surface area contributed by atoms with Gasteiger partial charge in [0.05, 0.1) is 28.8 Å². The number of benzene rings is 1. The zero-order chi connectivity index (χ0) is 20.9. The van der Waals surface area contributed by atoms with Crippen LogP contribution in [0.4, 0.5) is 5.69 Å². The molecule has 0 aliphatic carbocycles. The molecule has 0 spiro atoms. The maximum atomic E-state index is 13.4. The lowest BCUT2D eigenvalue weighted by molar-refractivity contribution is 0.0592. The summed E-state index contributed by atoms with van der Waals surface area (Å²) in [4.78, 5) is 15.2. The first-order valence-corrected chi connectivity index (χ1v) is 12.0. The minimum absolute atomic E-state index is 0.00805. The van der Waals surface area contributed by atoms with Crippen molar-refractivity contribution in [3.05, 3.63) is 46.8 Å². The van der Waals surface area contributed by atoms with Gasteiger partial charge in [-0.05, 0) is 45.7 Å². The molecule has 1 fully saturated rings. The van der Waals surface area contributed by atoms with Gasteiger partial charge in [0.2, 0.25) is 0 Å². The maximum absolute atomic E-state index is 13.4. The molecule has 8 heteroatoms. The van der Waals surface area contributed by atoms with Crippen LogP contribution in [0.3, 0.4) is 0 Å². The molecule has 0 unspecified atom stereocenters. The van der Waals surface area contributed by atoms with E-state index >= 15 is 0 Å². The smallest absolute Gasteiger partial charge is 0.258 e. The number of rotatable bonds is 4. The number of para-hydroxylation sites is 1. The summed E-state index contributed by atoms with van der Waals surface area (Å²) in [7, 11) is -3.01. The molecule has 1 aromatic carbocycles. The average molecular weight is 417 g/mol. The van der Waals surface area contributed by atoms with E-state index in [4.69, 9.17) is 5.10 Å². The van der Waals surface area contributed by atoms with Crippen LogP contribution in [-0.2, 0) is 9.84 Å². The molecule has 2 aromatic rings. The number of carbonyl (C=O) groups excluding carboxylic acids is 1. The van der Waals surface area contributed by atoms with E-state index in [9.17, 15) is 13.2 Å². The Morgan fingerprint density at radius 1 is 1.28 bits per heavy atom. The number of nitrogens with one attached hydrogen (secondary N) is 1. The predicted octanol–water partition coefficient (Wildman–Crippen LogP) is 3.22. The van der Waals surface area contributed by atoms with Gasteiger partial charge in [0, 0.05) is 23.0 Å². The summed E-state index contributed by atoms with van der Waals surface area (Å²) < 4.78 is 25.8. The maximum Gasteiger partial charge on any atom is 0.258 e. The van der Waals surface area contributed by atoms with Gasteiger partial charge >= 0.3 is 0 Å². The Labute approximate surface area is 172 Å². The van der Waals surface area contributed by atoms with Crippen molar-refractivity contribution in [3.63, 3.8) is 0 Å². The van der Waals surface area contributed by atoms with Crippen LogP contribution in [0.2, 0.25) is 0 Å². The first-order valence-electron chi connectivity index (χ1n) is 10.2. The second-order valence-electron chi connectivity index (χ2n) is 8.15. The van der Waals surface area contributed by atoms with E-state index in [1.165, 1.54) is 0 Å². The molecule has 1 aromatic heterocycles. The van der Waals surface area contributed by atoms with E-state index in [-0.39, 0.29) is 35.7 Å². The van der Waals surface area contributed by atoms with E-state index in [0.29, 0.717) is 12.0 Å². The third-order valence-corrected chi connectivity index (χ3v) is 7.99. The summed E-state index contributed by atoms with van der Waals surface area (Å²) in [6.07, 6.45) is 1.08. The molecule has 2 aliphatic heterocycles. The van der Waals surface area contributed by atoms with Crippen molar-refractivity contribution in [2.45, 2.75) is 58.8 Å². The van der Waals surface area contributed by atoms with Crippen molar-refractivity contribution < 1.29 is 13.2 Å². The van der Waals surface area contributed by atoms with Gasteiger partial charge in [-0.2, -0.15) is 5.10 Å². The highest BCUT2D eigenvalue weighted by Crippen LogP contribution is 2.38. The molecule has 3 heterocycles. The lowest BCUT2D eigenvalue weighted by Gasteiger charge is -2.41. The molecule has 29 heavy (non-hydrogen) atoms. The van der Waals surface area contributed by atoms with E-state index < -0.39 is 9.84 Å². The van der Waals surface area contributed by atoms with Crippen LogP contribution in [0.25, 0.3) is 0 Å². The number of anilines is 1. The summed E-state index contributed by atoms with van der Waals surface area (Å²) in [5, 5.41) is 8.25. The van der Waals surface area contributed by atoms with Crippen LogP contribution in [0.5, 0.6) is 0 Å². The topological polar surface area (TPSA) is 84.3 Å². The molecule has 0 saturated carbocycles. The van der Waals surface area contributed by atoms with Crippen LogP contribution in [-0.4, -0.2) is 46.6 Å². The molecule has 1 saturated heterocycles. The summed E-state index contributed by atoms with van der Waals surface area (Å²) in [5.41, 5.74) is 4.19. The van der Waals surface area contributed by atoms with Crippen molar-refractivity contribution in [2.24, 2.45) is 0 Å². The molecule has 4 rings (SSSR count). The molecule has 0 bridgehead atoms. The van der Waals surface area contributed by atoms with Crippen LogP contribution in [0.1, 0.15) is 66.2 Å². The van der Waals surface area contributed by atoms with Crippen molar-refractivity contribution in [1.29, 1.82) is 0 Å². The fraction of sp³-hybridized carbons (Fsp3) is 0.524. The Balaban J connectivity index is 1.79.